The Kier molecular flexibility index (Phi) is 4.14. The average molecular weight is 345 g/mol. The van der Waals surface area contributed by atoms with E-state index < -0.39 is 0 Å². The van der Waals surface area contributed by atoms with Crippen LogP contribution in [0.25, 0.3) is 0 Å². The van der Waals surface area contributed by atoms with E-state index in [0.717, 1.165) is 38.4 Å². The van der Waals surface area contributed by atoms with E-state index in [-0.39, 0.29) is 11.9 Å². The molecule has 0 aliphatic carbocycles. The monoisotopic (exact) mass is 345 g/mol. The Morgan fingerprint density at radius 2 is 2.17 bits per heavy atom. The first-order valence-electron chi connectivity index (χ1n) is 8.56. The fourth-order valence-corrected chi connectivity index (χ4v) is 4.55. The molecule has 1 N–H and O–H groups in total. The molecule has 0 bridgehead atoms. The summed E-state index contributed by atoms with van der Waals surface area (Å²) in [6.07, 6.45) is 0.923. The summed E-state index contributed by atoms with van der Waals surface area (Å²) in [5.41, 5.74) is 1.40. The minimum atomic E-state index is -0.115. The third kappa shape index (κ3) is 2.98. The molecule has 0 aromatic carbocycles. The van der Waals surface area contributed by atoms with E-state index in [0.29, 0.717) is 17.7 Å². The second kappa shape index (κ2) is 6.29. The summed E-state index contributed by atoms with van der Waals surface area (Å²) in [6.45, 7) is 8.00. The van der Waals surface area contributed by atoms with Crippen LogP contribution in [0.1, 0.15) is 35.9 Å². The van der Waals surface area contributed by atoms with Crippen LogP contribution in [0.2, 0.25) is 0 Å². The molecule has 0 radical (unpaired) electrons. The largest absolute Gasteiger partial charge is 0.347 e. The SMILES string of the molecule is CC(C)NC(=O)c1nnc2n1C[C@@H]1CN(Cc3ccsc3)C[C@H]1C2. The van der Waals surface area contributed by atoms with E-state index in [9.17, 15) is 4.79 Å². The van der Waals surface area contributed by atoms with Crippen molar-refractivity contribution in [3.8, 4) is 0 Å². The first-order chi connectivity index (χ1) is 11.6. The lowest BCUT2D eigenvalue weighted by Crippen LogP contribution is -2.35. The van der Waals surface area contributed by atoms with Crippen molar-refractivity contribution in [2.24, 2.45) is 11.8 Å². The van der Waals surface area contributed by atoms with Gasteiger partial charge >= 0.3 is 0 Å². The molecule has 2 aliphatic heterocycles. The maximum absolute atomic E-state index is 12.3. The molecule has 4 heterocycles. The maximum atomic E-state index is 12.3. The van der Waals surface area contributed by atoms with Gasteiger partial charge in [0.05, 0.1) is 0 Å². The van der Waals surface area contributed by atoms with Crippen molar-refractivity contribution in [2.75, 3.05) is 13.1 Å². The molecular weight excluding hydrogens is 322 g/mol. The van der Waals surface area contributed by atoms with Crippen LogP contribution in [0, 0.1) is 11.8 Å². The second-order valence-electron chi connectivity index (χ2n) is 7.23. The molecule has 0 saturated carbocycles. The fourth-order valence-electron chi connectivity index (χ4n) is 3.89. The molecular formula is C17H23N5OS. The summed E-state index contributed by atoms with van der Waals surface area (Å²) in [5.74, 6) is 2.52. The lowest BCUT2D eigenvalue weighted by atomic mass is 9.89. The van der Waals surface area contributed by atoms with E-state index in [4.69, 9.17) is 0 Å². The summed E-state index contributed by atoms with van der Waals surface area (Å²) in [4.78, 5) is 14.8. The van der Waals surface area contributed by atoms with Crippen LogP contribution < -0.4 is 5.32 Å². The third-order valence-corrected chi connectivity index (χ3v) is 5.68. The molecule has 4 rings (SSSR count). The molecule has 0 unspecified atom stereocenters. The quantitative estimate of drug-likeness (QED) is 0.917. The van der Waals surface area contributed by atoms with Crippen molar-refractivity contribution < 1.29 is 4.79 Å². The van der Waals surface area contributed by atoms with Gasteiger partial charge in [-0.15, -0.1) is 10.2 Å². The van der Waals surface area contributed by atoms with Gasteiger partial charge in [-0.3, -0.25) is 9.69 Å². The molecule has 2 aromatic heterocycles. The van der Waals surface area contributed by atoms with Crippen molar-refractivity contribution >= 4 is 17.2 Å². The Morgan fingerprint density at radius 3 is 2.92 bits per heavy atom. The van der Waals surface area contributed by atoms with Crippen LogP contribution in [-0.2, 0) is 19.5 Å². The highest BCUT2D eigenvalue weighted by molar-refractivity contribution is 7.07. The summed E-state index contributed by atoms with van der Waals surface area (Å²) in [6, 6.07) is 2.31. The van der Waals surface area contributed by atoms with Crippen molar-refractivity contribution in [3.05, 3.63) is 34.0 Å². The molecule has 6 nitrogen and oxygen atoms in total. The number of fused-ring (bicyclic) bond motifs is 2. The lowest BCUT2D eigenvalue weighted by Gasteiger charge is -2.25. The van der Waals surface area contributed by atoms with Gasteiger partial charge in [0, 0.05) is 38.6 Å². The van der Waals surface area contributed by atoms with E-state index in [1.165, 1.54) is 5.56 Å². The third-order valence-electron chi connectivity index (χ3n) is 4.95. The Labute approximate surface area is 145 Å². The first-order valence-corrected chi connectivity index (χ1v) is 9.51. The topological polar surface area (TPSA) is 63.1 Å². The minimum Gasteiger partial charge on any atom is -0.347 e. The van der Waals surface area contributed by atoms with Crippen LogP contribution in [0.4, 0.5) is 0 Å². The van der Waals surface area contributed by atoms with Crippen LogP contribution in [0.15, 0.2) is 16.8 Å². The predicted molar refractivity (Wildman–Crippen MR) is 92.9 cm³/mol. The van der Waals surface area contributed by atoms with Gasteiger partial charge in [-0.2, -0.15) is 11.3 Å². The number of carbonyl (C=O) groups is 1. The van der Waals surface area contributed by atoms with E-state index >= 15 is 0 Å². The zero-order chi connectivity index (χ0) is 16.7. The molecule has 2 atom stereocenters. The van der Waals surface area contributed by atoms with Gasteiger partial charge in [0.15, 0.2) is 0 Å². The molecule has 2 aromatic rings. The number of hydrogen-bond acceptors (Lipinski definition) is 5. The normalized spacial score (nSPS) is 23.3. The van der Waals surface area contributed by atoms with E-state index in [1.807, 2.05) is 18.4 Å². The minimum absolute atomic E-state index is 0.106. The standard InChI is InChI=1S/C17H23N5OS/c1-11(2)18-17(23)16-20-19-15-5-13-7-21(6-12-3-4-24-10-12)8-14(13)9-22(15)16/h3-4,10-11,13-14H,5-9H2,1-2H3,(H,18,23)/t13-,14+/m1/s1. The van der Waals surface area contributed by atoms with Crippen molar-refractivity contribution in [3.63, 3.8) is 0 Å². The molecule has 2 aliphatic rings. The Morgan fingerprint density at radius 1 is 1.33 bits per heavy atom. The number of aromatic nitrogens is 3. The second-order valence-corrected chi connectivity index (χ2v) is 8.01. The summed E-state index contributed by atoms with van der Waals surface area (Å²) in [5, 5.41) is 15.7. The molecule has 0 spiro atoms. The number of rotatable bonds is 4. The van der Waals surface area contributed by atoms with Gasteiger partial charge in [0.1, 0.15) is 5.82 Å². The van der Waals surface area contributed by atoms with E-state index in [2.05, 4.69) is 37.2 Å². The van der Waals surface area contributed by atoms with Crippen molar-refractivity contribution in [1.29, 1.82) is 0 Å². The van der Waals surface area contributed by atoms with Crippen LogP contribution in [0.5, 0.6) is 0 Å². The van der Waals surface area contributed by atoms with Crippen molar-refractivity contribution in [2.45, 2.75) is 39.4 Å². The molecule has 1 saturated heterocycles. The highest BCUT2D eigenvalue weighted by Gasteiger charge is 2.39. The first kappa shape index (κ1) is 15.8. The van der Waals surface area contributed by atoms with Crippen LogP contribution >= 0.6 is 11.3 Å². The molecule has 24 heavy (non-hydrogen) atoms. The fraction of sp³-hybridized carbons (Fsp3) is 0.588. The highest BCUT2D eigenvalue weighted by atomic mass is 32.1. The zero-order valence-electron chi connectivity index (χ0n) is 14.1. The van der Waals surface area contributed by atoms with E-state index in [1.54, 1.807) is 11.3 Å². The Hall–Kier alpha value is -1.73. The van der Waals surface area contributed by atoms with Crippen LogP contribution in [0.3, 0.4) is 0 Å². The molecule has 7 heteroatoms. The van der Waals surface area contributed by atoms with Gasteiger partial charge in [0.2, 0.25) is 5.82 Å². The molecule has 1 fully saturated rings. The summed E-state index contributed by atoms with van der Waals surface area (Å²) in [7, 11) is 0. The number of amides is 1. The smallest absolute Gasteiger partial charge is 0.289 e. The lowest BCUT2D eigenvalue weighted by molar-refractivity contribution is 0.0924. The Bertz CT molecular complexity index is 723. The number of carbonyl (C=O) groups excluding carboxylic acids is 1. The number of hydrogen-bond donors (Lipinski definition) is 1. The highest BCUT2D eigenvalue weighted by Crippen LogP contribution is 2.33. The van der Waals surface area contributed by atoms with Gasteiger partial charge in [-0.25, -0.2) is 0 Å². The summed E-state index contributed by atoms with van der Waals surface area (Å²) >= 11 is 1.76. The zero-order valence-corrected chi connectivity index (χ0v) is 14.9. The number of thiophene rings is 1. The average Bonchev–Trinajstić information content (AvgIpc) is 3.22. The van der Waals surface area contributed by atoms with Gasteiger partial charge in [-0.1, -0.05) is 0 Å². The van der Waals surface area contributed by atoms with Crippen molar-refractivity contribution in [1.82, 2.24) is 25.0 Å². The molecule has 1 amide bonds. The Balaban J connectivity index is 1.46. The van der Waals surface area contributed by atoms with Gasteiger partial charge in [0.25, 0.3) is 5.91 Å². The number of nitrogens with zero attached hydrogens (tertiary/aromatic N) is 4. The van der Waals surface area contributed by atoms with Gasteiger partial charge < -0.3 is 9.88 Å². The maximum Gasteiger partial charge on any atom is 0.289 e. The molecule has 128 valence electrons. The van der Waals surface area contributed by atoms with Crippen LogP contribution in [-0.4, -0.2) is 44.7 Å². The summed E-state index contributed by atoms with van der Waals surface area (Å²) < 4.78 is 2.03. The van der Waals surface area contributed by atoms with Gasteiger partial charge in [-0.05, 0) is 48.1 Å². The predicted octanol–water partition coefficient (Wildman–Crippen LogP) is 1.78. The number of likely N-dealkylation sites (tertiary alicyclic amines) is 1. The number of nitrogens with one attached hydrogen (secondary N) is 1.